The molecule has 92 valence electrons. The smallest absolute Gasteiger partial charge is 0.251 e. The summed E-state index contributed by atoms with van der Waals surface area (Å²) in [6, 6.07) is 3.80. The topological polar surface area (TPSA) is 68.0 Å². The van der Waals surface area contributed by atoms with Gasteiger partial charge in [-0.05, 0) is 30.9 Å². The fourth-order valence-electron chi connectivity index (χ4n) is 2.05. The quantitative estimate of drug-likeness (QED) is 0.832. The first-order chi connectivity index (χ1) is 8.13. The molecule has 0 spiro atoms. The average molecular weight is 233 g/mol. The largest absolute Gasteiger partial charge is 0.384 e. The van der Waals surface area contributed by atoms with Crippen molar-refractivity contribution in [2.24, 2.45) is 5.92 Å². The zero-order chi connectivity index (χ0) is 12.4. The summed E-state index contributed by atoms with van der Waals surface area (Å²) in [7, 11) is 0. The van der Waals surface area contributed by atoms with Gasteiger partial charge in [-0.3, -0.25) is 4.79 Å². The van der Waals surface area contributed by atoms with E-state index in [0.29, 0.717) is 23.3 Å². The van der Waals surface area contributed by atoms with Gasteiger partial charge in [-0.1, -0.05) is 20.3 Å². The normalized spacial score (nSPS) is 22.2. The summed E-state index contributed by atoms with van der Waals surface area (Å²) in [6.45, 7) is 4.15. The molecular formula is C13H19N3O. The van der Waals surface area contributed by atoms with E-state index in [0.717, 1.165) is 25.0 Å². The standard InChI is InChI=1S/C13H19N3O/c1-3-8-6-11(8)16-13(17)9-5-10(4-2)15-12(14)7-9/h5,7-8,11H,3-4,6H2,1-2H3,(H2,14,15)(H,16,17). The van der Waals surface area contributed by atoms with Gasteiger partial charge in [0.25, 0.3) is 5.91 Å². The Morgan fingerprint density at radius 1 is 1.53 bits per heavy atom. The summed E-state index contributed by atoms with van der Waals surface area (Å²) in [5, 5.41) is 3.03. The van der Waals surface area contributed by atoms with Crippen molar-refractivity contribution >= 4 is 11.7 Å². The lowest BCUT2D eigenvalue weighted by Crippen LogP contribution is -2.27. The fraction of sp³-hybridized carbons (Fsp3) is 0.538. The summed E-state index contributed by atoms with van der Waals surface area (Å²) >= 11 is 0. The Labute approximate surface area is 102 Å². The van der Waals surface area contributed by atoms with Crippen molar-refractivity contribution in [2.45, 2.75) is 39.2 Å². The predicted molar refractivity (Wildman–Crippen MR) is 67.7 cm³/mol. The van der Waals surface area contributed by atoms with Crippen molar-refractivity contribution in [3.05, 3.63) is 23.4 Å². The number of aryl methyl sites for hydroxylation is 1. The highest BCUT2D eigenvalue weighted by Gasteiger charge is 2.36. The van der Waals surface area contributed by atoms with Gasteiger partial charge in [-0.15, -0.1) is 0 Å². The zero-order valence-electron chi connectivity index (χ0n) is 10.4. The molecule has 1 heterocycles. The van der Waals surface area contributed by atoms with Crippen LogP contribution in [0.1, 0.15) is 42.7 Å². The fourth-order valence-corrected chi connectivity index (χ4v) is 2.05. The lowest BCUT2D eigenvalue weighted by molar-refractivity contribution is 0.0949. The van der Waals surface area contributed by atoms with E-state index in [1.165, 1.54) is 0 Å². The number of hydrogen-bond donors (Lipinski definition) is 2. The molecule has 1 aromatic rings. The maximum absolute atomic E-state index is 12.0. The van der Waals surface area contributed by atoms with Crippen LogP contribution in [0.3, 0.4) is 0 Å². The van der Waals surface area contributed by atoms with Gasteiger partial charge < -0.3 is 11.1 Å². The maximum atomic E-state index is 12.0. The molecular weight excluding hydrogens is 214 g/mol. The molecule has 4 nitrogen and oxygen atoms in total. The highest BCUT2D eigenvalue weighted by molar-refractivity contribution is 5.95. The van der Waals surface area contributed by atoms with Crippen LogP contribution >= 0.6 is 0 Å². The van der Waals surface area contributed by atoms with Gasteiger partial charge in [0.2, 0.25) is 0 Å². The first-order valence-corrected chi connectivity index (χ1v) is 6.21. The Kier molecular flexibility index (Phi) is 3.31. The minimum absolute atomic E-state index is 0.0326. The van der Waals surface area contributed by atoms with E-state index < -0.39 is 0 Å². The first kappa shape index (κ1) is 11.9. The van der Waals surface area contributed by atoms with Crippen molar-refractivity contribution in [3.8, 4) is 0 Å². The third-order valence-electron chi connectivity index (χ3n) is 3.29. The van der Waals surface area contributed by atoms with E-state index in [9.17, 15) is 4.79 Å². The van der Waals surface area contributed by atoms with Crippen LogP contribution in [0.5, 0.6) is 0 Å². The molecule has 2 unspecified atom stereocenters. The summed E-state index contributed by atoms with van der Waals surface area (Å²) in [6.07, 6.45) is 3.01. The number of aromatic nitrogens is 1. The van der Waals surface area contributed by atoms with Gasteiger partial charge >= 0.3 is 0 Å². The molecule has 0 aliphatic heterocycles. The molecule has 1 fully saturated rings. The van der Waals surface area contributed by atoms with Crippen LogP contribution in [-0.4, -0.2) is 16.9 Å². The van der Waals surface area contributed by atoms with E-state index in [4.69, 9.17) is 5.73 Å². The number of nitrogen functional groups attached to an aromatic ring is 1. The third-order valence-corrected chi connectivity index (χ3v) is 3.29. The summed E-state index contributed by atoms with van der Waals surface area (Å²) in [5.41, 5.74) is 7.16. The SMILES string of the molecule is CCc1cc(C(=O)NC2CC2CC)cc(N)n1. The highest BCUT2D eigenvalue weighted by Crippen LogP contribution is 2.33. The van der Waals surface area contributed by atoms with Crippen molar-refractivity contribution < 1.29 is 4.79 Å². The second-order valence-electron chi connectivity index (χ2n) is 4.61. The molecule has 1 aromatic heterocycles. The van der Waals surface area contributed by atoms with Gasteiger partial charge in [0.05, 0.1) is 0 Å². The van der Waals surface area contributed by atoms with Crippen LogP contribution < -0.4 is 11.1 Å². The van der Waals surface area contributed by atoms with E-state index in [1.54, 1.807) is 6.07 Å². The number of nitrogens with zero attached hydrogens (tertiary/aromatic N) is 1. The molecule has 1 amide bonds. The van der Waals surface area contributed by atoms with Crippen molar-refractivity contribution in [1.29, 1.82) is 0 Å². The van der Waals surface area contributed by atoms with Crippen LogP contribution in [0.25, 0.3) is 0 Å². The molecule has 2 atom stereocenters. The number of nitrogens with one attached hydrogen (secondary N) is 1. The molecule has 1 aliphatic carbocycles. The zero-order valence-corrected chi connectivity index (χ0v) is 10.4. The van der Waals surface area contributed by atoms with Gasteiger partial charge in [-0.2, -0.15) is 0 Å². The number of anilines is 1. The van der Waals surface area contributed by atoms with Crippen molar-refractivity contribution in [2.75, 3.05) is 5.73 Å². The molecule has 0 radical (unpaired) electrons. The minimum atomic E-state index is -0.0326. The Morgan fingerprint density at radius 2 is 2.29 bits per heavy atom. The van der Waals surface area contributed by atoms with Crippen molar-refractivity contribution in [3.63, 3.8) is 0 Å². The Balaban J connectivity index is 2.06. The number of hydrogen-bond acceptors (Lipinski definition) is 3. The molecule has 4 heteroatoms. The molecule has 0 saturated heterocycles. The van der Waals surface area contributed by atoms with Crippen LogP contribution in [0, 0.1) is 5.92 Å². The predicted octanol–water partition coefficient (Wildman–Crippen LogP) is 1.75. The van der Waals surface area contributed by atoms with Crippen molar-refractivity contribution in [1.82, 2.24) is 10.3 Å². The minimum Gasteiger partial charge on any atom is -0.384 e. The molecule has 1 saturated carbocycles. The van der Waals surface area contributed by atoms with Crippen LogP contribution in [0.15, 0.2) is 12.1 Å². The number of rotatable bonds is 4. The maximum Gasteiger partial charge on any atom is 0.251 e. The van der Waals surface area contributed by atoms with E-state index in [2.05, 4.69) is 17.2 Å². The number of pyridine rings is 1. The van der Waals surface area contributed by atoms with Crippen LogP contribution in [0.4, 0.5) is 5.82 Å². The molecule has 17 heavy (non-hydrogen) atoms. The monoisotopic (exact) mass is 233 g/mol. The lowest BCUT2D eigenvalue weighted by atomic mass is 10.2. The lowest BCUT2D eigenvalue weighted by Gasteiger charge is -2.06. The van der Waals surface area contributed by atoms with Gasteiger partial charge in [0.1, 0.15) is 5.82 Å². The number of amides is 1. The van der Waals surface area contributed by atoms with E-state index in [1.807, 2.05) is 13.0 Å². The van der Waals surface area contributed by atoms with Crippen LogP contribution in [-0.2, 0) is 6.42 Å². The third kappa shape index (κ3) is 2.75. The summed E-state index contributed by atoms with van der Waals surface area (Å²) in [5.74, 6) is 1.04. The number of nitrogens with two attached hydrogens (primary N) is 1. The van der Waals surface area contributed by atoms with Gasteiger partial charge in [-0.25, -0.2) is 4.98 Å². The Morgan fingerprint density at radius 3 is 2.88 bits per heavy atom. The molecule has 2 rings (SSSR count). The second kappa shape index (κ2) is 4.73. The van der Waals surface area contributed by atoms with Gasteiger partial charge in [0, 0.05) is 17.3 Å². The first-order valence-electron chi connectivity index (χ1n) is 6.21. The van der Waals surface area contributed by atoms with E-state index in [-0.39, 0.29) is 5.91 Å². The highest BCUT2D eigenvalue weighted by atomic mass is 16.1. The van der Waals surface area contributed by atoms with E-state index >= 15 is 0 Å². The summed E-state index contributed by atoms with van der Waals surface area (Å²) in [4.78, 5) is 16.1. The Hall–Kier alpha value is -1.58. The second-order valence-corrected chi connectivity index (χ2v) is 4.61. The molecule has 3 N–H and O–H groups in total. The average Bonchev–Trinajstić information content (AvgIpc) is 3.06. The number of carbonyl (C=O) groups is 1. The molecule has 1 aliphatic rings. The summed E-state index contributed by atoms with van der Waals surface area (Å²) < 4.78 is 0. The Bertz CT molecular complexity index is 431. The molecule has 0 bridgehead atoms. The van der Waals surface area contributed by atoms with Gasteiger partial charge in [0.15, 0.2) is 0 Å². The number of carbonyl (C=O) groups excluding carboxylic acids is 1. The van der Waals surface area contributed by atoms with Crippen LogP contribution in [0.2, 0.25) is 0 Å². The molecule has 0 aromatic carbocycles.